The first kappa shape index (κ1) is 24.7. The molecule has 0 bridgehead atoms. The maximum absolute atomic E-state index is 5.37. The third-order valence-corrected chi connectivity index (χ3v) is 5.59. The average molecular weight is 525 g/mol. The number of likely N-dealkylation sites (tertiary alicyclic amines) is 1. The zero-order valence-electron chi connectivity index (χ0n) is 18.6. The molecule has 0 atom stereocenters. The molecule has 0 aliphatic carbocycles. The van der Waals surface area contributed by atoms with Crippen LogP contribution >= 0.6 is 24.0 Å². The second-order valence-corrected chi connectivity index (χ2v) is 8.43. The summed E-state index contributed by atoms with van der Waals surface area (Å²) in [5.74, 6) is 2.81. The first-order valence-corrected chi connectivity index (χ1v) is 10.7. The molecule has 0 spiro atoms. The van der Waals surface area contributed by atoms with E-state index in [0.717, 1.165) is 36.4 Å². The zero-order chi connectivity index (χ0) is 20.6. The standard InChI is InChI=1S/C23H35N5O.HI/c1-17(2)22-13-21(29-27-22)15-26-23(24-4)25-14-19-5-7-20(8-6-19)16-28-11-9-18(3)10-12-28;/h5-8,13,17-18H,9-12,14-16H2,1-4H3,(H2,24,25,26);1H. The van der Waals surface area contributed by atoms with Gasteiger partial charge in [-0.25, -0.2) is 0 Å². The Balaban J connectivity index is 0.00000320. The molecule has 1 fully saturated rings. The molecule has 3 rings (SSSR count). The van der Waals surface area contributed by atoms with E-state index in [2.05, 4.69) is 70.7 Å². The number of hydrogen-bond acceptors (Lipinski definition) is 4. The summed E-state index contributed by atoms with van der Waals surface area (Å²) in [4.78, 5) is 6.85. The molecule has 1 aliphatic rings. The number of nitrogens with zero attached hydrogens (tertiary/aromatic N) is 3. The normalized spacial score (nSPS) is 15.8. The van der Waals surface area contributed by atoms with Gasteiger partial charge >= 0.3 is 0 Å². The van der Waals surface area contributed by atoms with E-state index in [9.17, 15) is 0 Å². The number of aromatic nitrogens is 1. The molecule has 6 nitrogen and oxygen atoms in total. The van der Waals surface area contributed by atoms with E-state index in [4.69, 9.17) is 4.52 Å². The number of guanidine groups is 1. The molecular weight excluding hydrogens is 489 g/mol. The van der Waals surface area contributed by atoms with Gasteiger partial charge in [0.25, 0.3) is 0 Å². The zero-order valence-corrected chi connectivity index (χ0v) is 21.0. The number of rotatable bonds is 7. The minimum absolute atomic E-state index is 0. The van der Waals surface area contributed by atoms with E-state index >= 15 is 0 Å². The highest BCUT2D eigenvalue weighted by Crippen LogP contribution is 2.18. The monoisotopic (exact) mass is 525 g/mol. The summed E-state index contributed by atoms with van der Waals surface area (Å²) in [6.45, 7) is 11.4. The smallest absolute Gasteiger partial charge is 0.191 e. The van der Waals surface area contributed by atoms with Crippen molar-refractivity contribution >= 4 is 29.9 Å². The fourth-order valence-electron chi connectivity index (χ4n) is 3.50. The molecule has 1 aromatic heterocycles. The predicted octanol–water partition coefficient (Wildman–Crippen LogP) is 4.51. The van der Waals surface area contributed by atoms with Gasteiger partial charge in [0, 0.05) is 26.2 Å². The van der Waals surface area contributed by atoms with Crippen LogP contribution in [-0.2, 0) is 19.6 Å². The van der Waals surface area contributed by atoms with Gasteiger partial charge in [-0.3, -0.25) is 9.89 Å². The summed E-state index contributed by atoms with van der Waals surface area (Å²) in [5.41, 5.74) is 3.60. The third kappa shape index (κ3) is 7.58. The lowest BCUT2D eigenvalue weighted by Gasteiger charge is -2.30. The van der Waals surface area contributed by atoms with Crippen molar-refractivity contribution in [3.05, 3.63) is 52.9 Å². The highest BCUT2D eigenvalue weighted by atomic mass is 127. The van der Waals surface area contributed by atoms with Crippen LogP contribution in [0, 0.1) is 5.92 Å². The van der Waals surface area contributed by atoms with Crippen LogP contribution in [0.2, 0.25) is 0 Å². The summed E-state index contributed by atoms with van der Waals surface area (Å²) < 4.78 is 5.37. The van der Waals surface area contributed by atoms with Gasteiger partial charge in [0.1, 0.15) is 0 Å². The Labute approximate surface area is 197 Å². The second kappa shape index (κ2) is 12.3. The molecule has 1 aliphatic heterocycles. The lowest BCUT2D eigenvalue weighted by molar-refractivity contribution is 0.185. The lowest BCUT2D eigenvalue weighted by Crippen LogP contribution is -2.36. The third-order valence-electron chi connectivity index (χ3n) is 5.59. The Bertz CT molecular complexity index is 779. The van der Waals surface area contributed by atoms with Crippen LogP contribution in [0.4, 0.5) is 0 Å². The minimum Gasteiger partial charge on any atom is -0.359 e. The van der Waals surface area contributed by atoms with Crippen molar-refractivity contribution in [3.63, 3.8) is 0 Å². The van der Waals surface area contributed by atoms with Crippen molar-refractivity contribution in [2.75, 3.05) is 20.1 Å². The highest BCUT2D eigenvalue weighted by molar-refractivity contribution is 14.0. The lowest BCUT2D eigenvalue weighted by atomic mass is 9.99. The molecular formula is C23H36IN5O. The van der Waals surface area contributed by atoms with Crippen molar-refractivity contribution < 1.29 is 4.52 Å². The topological polar surface area (TPSA) is 65.7 Å². The van der Waals surface area contributed by atoms with Crippen LogP contribution < -0.4 is 10.6 Å². The van der Waals surface area contributed by atoms with Gasteiger partial charge in [0.15, 0.2) is 11.7 Å². The molecule has 166 valence electrons. The minimum atomic E-state index is 0. The van der Waals surface area contributed by atoms with Crippen molar-refractivity contribution in [1.29, 1.82) is 0 Å². The van der Waals surface area contributed by atoms with Crippen molar-refractivity contribution in [2.24, 2.45) is 10.9 Å². The maximum Gasteiger partial charge on any atom is 0.191 e. The van der Waals surface area contributed by atoms with Crippen LogP contribution in [0.5, 0.6) is 0 Å². The molecule has 0 saturated carbocycles. The van der Waals surface area contributed by atoms with E-state index in [1.165, 1.54) is 37.1 Å². The van der Waals surface area contributed by atoms with E-state index in [1.54, 1.807) is 7.05 Å². The number of nitrogens with one attached hydrogen (secondary N) is 2. The number of aliphatic imine (C=N–C) groups is 1. The van der Waals surface area contributed by atoms with Gasteiger partial charge in [-0.15, -0.1) is 24.0 Å². The Morgan fingerprint density at radius 3 is 2.37 bits per heavy atom. The van der Waals surface area contributed by atoms with Crippen molar-refractivity contribution in [3.8, 4) is 0 Å². The summed E-state index contributed by atoms with van der Waals surface area (Å²) in [6.07, 6.45) is 2.64. The molecule has 7 heteroatoms. The van der Waals surface area contributed by atoms with Gasteiger partial charge in [-0.05, 0) is 48.9 Å². The fourth-order valence-corrected chi connectivity index (χ4v) is 3.50. The average Bonchev–Trinajstić information content (AvgIpc) is 3.20. The largest absolute Gasteiger partial charge is 0.359 e. The van der Waals surface area contributed by atoms with E-state index in [0.29, 0.717) is 12.5 Å². The van der Waals surface area contributed by atoms with E-state index in [-0.39, 0.29) is 24.0 Å². The number of piperidine rings is 1. The van der Waals surface area contributed by atoms with Crippen LogP contribution in [-0.4, -0.2) is 36.2 Å². The first-order chi connectivity index (χ1) is 14.0. The number of halogens is 1. The number of hydrogen-bond donors (Lipinski definition) is 2. The second-order valence-electron chi connectivity index (χ2n) is 8.43. The summed E-state index contributed by atoms with van der Waals surface area (Å²) in [7, 11) is 1.78. The van der Waals surface area contributed by atoms with Crippen LogP contribution in [0.1, 0.15) is 62.1 Å². The quantitative estimate of drug-likeness (QED) is 0.317. The molecule has 1 saturated heterocycles. The summed E-state index contributed by atoms with van der Waals surface area (Å²) in [6, 6.07) is 10.9. The van der Waals surface area contributed by atoms with Crippen molar-refractivity contribution in [2.45, 2.75) is 59.2 Å². The van der Waals surface area contributed by atoms with Gasteiger partial charge in [0.05, 0.1) is 12.2 Å². The Morgan fingerprint density at radius 2 is 1.77 bits per heavy atom. The molecule has 0 unspecified atom stereocenters. The Morgan fingerprint density at radius 1 is 1.13 bits per heavy atom. The van der Waals surface area contributed by atoms with E-state index < -0.39 is 0 Å². The van der Waals surface area contributed by atoms with E-state index in [1.807, 2.05) is 6.07 Å². The molecule has 0 radical (unpaired) electrons. The molecule has 1 aromatic carbocycles. The summed E-state index contributed by atoms with van der Waals surface area (Å²) >= 11 is 0. The fraction of sp³-hybridized carbons (Fsp3) is 0.565. The van der Waals surface area contributed by atoms with Crippen molar-refractivity contribution in [1.82, 2.24) is 20.7 Å². The summed E-state index contributed by atoms with van der Waals surface area (Å²) in [5, 5.41) is 10.7. The van der Waals surface area contributed by atoms with Gasteiger partial charge in [0.2, 0.25) is 0 Å². The maximum atomic E-state index is 5.37. The van der Waals surface area contributed by atoms with Gasteiger partial charge in [-0.1, -0.05) is 50.2 Å². The van der Waals surface area contributed by atoms with Crippen LogP contribution in [0.15, 0.2) is 39.8 Å². The SMILES string of the molecule is CN=C(NCc1ccc(CN2CCC(C)CC2)cc1)NCc1cc(C(C)C)no1.I. The molecule has 30 heavy (non-hydrogen) atoms. The molecule has 2 N–H and O–H groups in total. The Kier molecular flexibility index (Phi) is 10.1. The Hall–Kier alpha value is -1.61. The highest BCUT2D eigenvalue weighted by Gasteiger charge is 2.15. The molecule has 2 heterocycles. The van der Waals surface area contributed by atoms with Gasteiger partial charge in [-0.2, -0.15) is 0 Å². The predicted molar refractivity (Wildman–Crippen MR) is 133 cm³/mol. The van der Waals surface area contributed by atoms with Gasteiger partial charge < -0.3 is 15.2 Å². The van der Waals surface area contributed by atoms with Crippen LogP contribution in [0.3, 0.4) is 0 Å². The van der Waals surface area contributed by atoms with Crippen LogP contribution in [0.25, 0.3) is 0 Å². The molecule has 2 aromatic rings. The number of benzene rings is 1. The molecule has 0 amide bonds. The first-order valence-electron chi connectivity index (χ1n) is 10.7.